The van der Waals surface area contributed by atoms with E-state index >= 15 is 0 Å². The van der Waals surface area contributed by atoms with Gasteiger partial charge in [-0.1, -0.05) is 146 Å². The van der Waals surface area contributed by atoms with Crippen LogP contribution in [0.15, 0.2) is 146 Å². The Balaban J connectivity index is 1.61. The molecule has 0 amide bonds. The van der Waals surface area contributed by atoms with Crippen LogP contribution >= 0.6 is 0 Å². The molecule has 0 heteroatoms. The normalized spacial score (nSPS) is 14.4. The summed E-state index contributed by atoms with van der Waals surface area (Å²) in [6, 6.07) is 38.8. The van der Waals surface area contributed by atoms with Crippen LogP contribution in [0.2, 0.25) is 0 Å². The second-order valence-corrected chi connectivity index (χ2v) is 10.2. The molecule has 1 aliphatic rings. The minimum Gasteiger partial charge on any atom is -0.0905 e. The van der Waals surface area contributed by atoms with E-state index in [-0.39, 0.29) is 0 Å². The molecular weight excluding hydrogens is 492 g/mol. The van der Waals surface area contributed by atoms with Gasteiger partial charge in [-0.05, 0) is 100 Å². The van der Waals surface area contributed by atoms with Crippen LogP contribution in [0.5, 0.6) is 0 Å². The van der Waals surface area contributed by atoms with E-state index in [2.05, 4.69) is 167 Å². The first-order valence-corrected chi connectivity index (χ1v) is 14.6. The van der Waals surface area contributed by atoms with Crippen LogP contribution in [0.4, 0.5) is 0 Å². The summed E-state index contributed by atoms with van der Waals surface area (Å²) in [5.74, 6) is 0. The molecule has 0 atom stereocenters. The summed E-state index contributed by atoms with van der Waals surface area (Å²) < 4.78 is 0. The lowest BCUT2D eigenvalue weighted by Gasteiger charge is -2.24. The van der Waals surface area contributed by atoms with E-state index in [0.29, 0.717) is 0 Å². The fourth-order valence-electron chi connectivity index (χ4n) is 5.93. The topological polar surface area (TPSA) is 0 Å². The summed E-state index contributed by atoms with van der Waals surface area (Å²) in [5.41, 5.74) is 14.6. The molecule has 0 fully saturated rings. The average molecular weight is 531 g/mol. The van der Waals surface area contributed by atoms with E-state index in [0.717, 1.165) is 24.0 Å². The molecule has 0 aromatic heterocycles. The second kappa shape index (κ2) is 13.1. The van der Waals surface area contributed by atoms with Gasteiger partial charge in [-0.2, -0.15) is 0 Å². The van der Waals surface area contributed by atoms with E-state index in [1.54, 1.807) is 0 Å². The van der Waals surface area contributed by atoms with Crippen LogP contribution in [-0.2, 0) is 0 Å². The lowest BCUT2D eigenvalue weighted by atomic mass is 9.79. The Morgan fingerprint density at radius 2 is 0.902 bits per heavy atom. The van der Waals surface area contributed by atoms with Crippen molar-refractivity contribution in [2.75, 3.05) is 0 Å². The molecule has 0 saturated carbocycles. The van der Waals surface area contributed by atoms with E-state index < -0.39 is 0 Å². The Morgan fingerprint density at radius 1 is 0.488 bits per heavy atom. The molecule has 41 heavy (non-hydrogen) atoms. The lowest BCUT2D eigenvalue weighted by Crippen LogP contribution is -2.03. The highest BCUT2D eigenvalue weighted by atomic mass is 14.3. The molecule has 0 unspecified atom stereocenters. The van der Waals surface area contributed by atoms with Crippen molar-refractivity contribution in [2.45, 2.75) is 33.6 Å². The molecule has 1 aliphatic carbocycles. The van der Waals surface area contributed by atoms with Crippen molar-refractivity contribution in [3.8, 4) is 0 Å². The number of allylic oxidation sites excluding steroid dienone is 11. The van der Waals surface area contributed by atoms with Crippen LogP contribution in [0.1, 0.15) is 67.0 Å². The predicted octanol–water partition coefficient (Wildman–Crippen LogP) is 11.6. The molecule has 4 aromatic carbocycles. The molecule has 0 bridgehead atoms. The van der Waals surface area contributed by atoms with Gasteiger partial charge in [0.25, 0.3) is 0 Å². The maximum atomic E-state index is 4.53. The summed E-state index contributed by atoms with van der Waals surface area (Å²) in [6.45, 7) is 10.9. The first-order chi connectivity index (χ1) is 20.2. The van der Waals surface area contributed by atoms with Gasteiger partial charge in [0.1, 0.15) is 0 Å². The van der Waals surface area contributed by atoms with Gasteiger partial charge in [-0.25, -0.2) is 0 Å². The fourth-order valence-corrected chi connectivity index (χ4v) is 5.93. The Bertz CT molecular complexity index is 1690. The molecule has 202 valence electrons. The van der Waals surface area contributed by atoms with Crippen molar-refractivity contribution in [3.05, 3.63) is 180 Å². The maximum Gasteiger partial charge on any atom is -0.0102 e. The van der Waals surface area contributed by atoms with Gasteiger partial charge in [0, 0.05) is 0 Å². The third-order valence-electron chi connectivity index (χ3n) is 7.86. The third-order valence-corrected chi connectivity index (χ3v) is 7.86. The quantitative estimate of drug-likeness (QED) is 0.199. The van der Waals surface area contributed by atoms with Crippen LogP contribution in [0.3, 0.4) is 0 Å². The predicted molar refractivity (Wildman–Crippen MR) is 181 cm³/mol. The van der Waals surface area contributed by atoms with E-state index in [4.69, 9.17) is 0 Å². The fraction of sp³-hybridized carbons (Fsp3) is 0.122. The van der Waals surface area contributed by atoms with Crippen molar-refractivity contribution in [1.82, 2.24) is 0 Å². The van der Waals surface area contributed by atoms with Gasteiger partial charge in [0.2, 0.25) is 0 Å². The molecular formula is C41H38. The van der Waals surface area contributed by atoms with Gasteiger partial charge in [0.15, 0.2) is 0 Å². The first kappa shape index (κ1) is 27.9. The number of hydrogen-bond acceptors (Lipinski definition) is 0. The third kappa shape index (κ3) is 5.79. The van der Waals surface area contributed by atoms with Crippen molar-refractivity contribution < 1.29 is 0 Å². The van der Waals surface area contributed by atoms with Crippen molar-refractivity contribution in [3.63, 3.8) is 0 Å². The smallest absolute Gasteiger partial charge is 0.0102 e. The average Bonchev–Trinajstić information content (AvgIpc) is 3.05. The van der Waals surface area contributed by atoms with Gasteiger partial charge < -0.3 is 0 Å². The summed E-state index contributed by atoms with van der Waals surface area (Å²) in [4.78, 5) is 0. The van der Waals surface area contributed by atoms with E-state index in [1.807, 2.05) is 0 Å². The largest absolute Gasteiger partial charge is 0.0905 e. The standard InChI is InChI=1S/C41H38/c1-5-33(30(4)31-20-10-8-11-21-31)36-24-14-16-26-38(36)40-28-18-19-29-41(40)39-27-17-15-25-37(39)35(7-3)34(6-2)32-22-12-9-13-23-32/h5-17,20-29H,4,18-19H2,1-3H3/b33-5+,34-6-,35-7+. The zero-order valence-corrected chi connectivity index (χ0v) is 24.4. The number of hydrogen-bond donors (Lipinski definition) is 0. The van der Waals surface area contributed by atoms with Crippen molar-refractivity contribution >= 4 is 33.4 Å². The first-order valence-electron chi connectivity index (χ1n) is 14.6. The Morgan fingerprint density at radius 3 is 1.39 bits per heavy atom. The van der Waals surface area contributed by atoms with Crippen LogP contribution in [0, 0.1) is 0 Å². The molecule has 0 heterocycles. The molecule has 4 aromatic rings. The minimum atomic E-state index is 1.03. The SMILES string of the molecule is C=C(/C(=C\C)c1ccccc1C1=CCCC=C1c1ccccc1C(=C/C)/C(=C\C)c1ccccc1)c1ccccc1. The Labute approximate surface area is 246 Å². The second-order valence-electron chi connectivity index (χ2n) is 10.2. The molecule has 0 spiro atoms. The van der Waals surface area contributed by atoms with Crippen LogP contribution in [-0.4, -0.2) is 0 Å². The molecule has 5 rings (SSSR count). The van der Waals surface area contributed by atoms with E-state index in [1.165, 1.54) is 55.7 Å². The highest BCUT2D eigenvalue weighted by Crippen LogP contribution is 2.44. The molecule has 0 radical (unpaired) electrons. The van der Waals surface area contributed by atoms with E-state index in [9.17, 15) is 0 Å². The zero-order valence-electron chi connectivity index (χ0n) is 24.4. The number of benzene rings is 4. The maximum absolute atomic E-state index is 4.53. The van der Waals surface area contributed by atoms with Gasteiger partial charge in [-0.3, -0.25) is 0 Å². The molecule has 0 nitrogen and oxygen atoms in total. The van der Waals surface area contributed by atoms with Crippen LogP contribution in [0.25, 0.3) is 33.4 Å². The zero-order chi connectivity index (χ0) is 28.6. The highest BCUT2D eigenvalue weighted by molar-refractivity contribution is 6.15. The van der Waals surface area contributed by atoms with Gasteiger partial charge in [0.05, 0.1) is 0 Å². The Hall–Kier alpha value is -4.68. The van der Waals surface area contributed by atoms with Crippen LogP contribution < -0.4 is 0 Å². The molecule has 0 saturated heterocycles. The minimum absolute atomic E-state index is 1.03. The summed E-state index contributed by atoms with van der Waals surface area (Å²) in [7, 11) is 0. The van der Waals surface area contributed by atoms with Crippen molar-refractivity contribution in [1.29, 1.82) is 0 Å². The van der Waals surface area contributed by atoms with Gasteiger partial charge >= 0.3 is 0 Å². The highest BCUT2D eigenvalue weighted by Gasteiger charge is 2.22. The van der Waals surface area contributed by atoms with Crippen molar-refractivity contribution in [2.24, 2.45) is 0 Å². The summed E-state index contributed by atoms with van der Waals surface area (Å²) >= 11 is 0. The summed E-state index contributed by atoms with van der Waals surface area (Å²) in [6.07, 6.45) is 13.6. The number of rotatable bonds is 8. The lowest BCUT2D eigenvalue weighted by molar-refractivity contribution is 1.04. The van der Waals surface area contributed by atoms with Gasteiger partial charge in [-0.15, -0.1) is 0 Å². The monoisotopic (exact) mass is 530 g/mol. The molecule has 0 aliphatic heterocycles. The molecule has 0 N–H and O–H groups in total. The summed E-state index contributed by atoms with van der Waals surface area (Å²) in [5, 5.41) is 0. The Kier molecular flexibility index (Phi) is 8.92.